The molecule has 4 rings (SSSR count). The van der Waals surface area contributed by atoms with E-state index in [1.807, 2.05) is 44.6 Å². The van der Waals surface area contributed by atoms with Crippen LogP contribution in [0.15, 0.2) is 55.0 Å². The molecule has 0 atom stereocenters. The molecule has 3 amide bonds. The highest BCUT2D eigenvalue weighted by Crippen LogP contribution is 2.20. The van der Waals surface area contributed by atoms with Crippen LogP contribution in [0.3, 0.4) is 0 Å². The predicted molar refractivity (Wildman–Crippen MR) is 145 cm³/mol. The molecule has 0 fully saturated rings. The first-order valence-corrected chi connectivity index (χ1v) is 12.1. The Morgan fingerprint density at radius 3 is 2.27 bits per heavy atom. The van der Waals surface area contributed by atoms with E-state index in [4.69, 9.17) is 0 Å². The van der Waals surface area contributed by atoms with Crippen molar-refractivity contribution in [3.63, 3.8) is 0 Å². The van der Waals surface area contributed by atoms with Gasteiger partial charge in [-0.05, 0) is 50.8 Å². The van der Waals surface area contributed by atoms with Crippen LogP contribution >= 0.6 is 0 Å². The number of aromatic nitrogens is 3. The Hall–Kier alpha value is -4.31. The van der Waals surface area contributed by atoms with E-state index in [1.54, 1.807) is 47.8 Å². The molecule has 0 aliphatic rings. The summed E-state index contributed by atoms with van der Waals surface area (Å²) in [6.45, 7) is 1.46. The SMILES string of the molecule is CN(C)CCCNC(=O)c1cc(NC(=O)c2cc(NC(=O)Cc3c[nH]c4ccccc34)cn2C)cn1C. The van der Waals surface area contributed by atoms with E-state index in [0.29, 0.717) is 29.3 Å². The topological polar surface area (TPSA) is 116 Å². The van der Waals surface area contributed by atoms with E-state index in [1.165, 1.54) is 0 Å². The molecule has 10 heteroatoms. The van der Waals surface area contributed by atoms with E-state index in [2.05, 4.69) is 25.8 Å². The maximum atomic E-state index is 12.9. The molecule has 0 unspecified atom stereocenters. The van der Waals surface area contributed by atoms with Crippen molar-refractivity contribution in [1.29, 1.82) is 0 Å². The summed E-state index contributed by atoms with van der Waals surface area (Å²) in [6, 6.07) is 11.1. The Balaban J connectivity index is 1.35. The molecular formula is C27H33N7O3. The number of hydrogen-bond donors (Lipinski definition) is 4. The molecular weight excluding hydrogens is 470 g/mol. The van der Waals surface area contributed by atoms with Crippen LogP contribution in [-0.2, 0) is 25.3 Å². The second-order valence-corrected chi connectivity index (χ2v) is 9.40. The van der Waals surface area contributed by atoms with Gasteiger partial charge in [0.05, 0.1) is 17.8 Å². The second kappa shape index (κ2) is 11.2. The van der Waals surface area contributed by atoms with Crippen LogP contribution < -0.4 is 16.0 Å². The lowest BCUT2D eigenvalue weighted by molar-refractivity contribution is -0.115. The number of rotatable bonds is 10. The van der Waals surface area contributed by atoms with Crippen molar-refractivity contribution in [3.05, 3.63) is 71.9 Å². The van der Waals surface area contributed by atoms with E-state index in [0.717, 1.165) is 29.4 Å². The lowest BCUT2D eigenvalue weighted by Gasteiger charge is -2.10. The van der Waals surface area contributed by atoms with E-state index >= 15 is 0 Å². The molecule has 3 aromatic heterocycles. The summed E-state index contributed by atoms with van der Waals surface area (Å²) >= 11 is 0. The van der Waals surface area contributed by atoms with Crippen LogP contribution in [0.2, 0.25) is 0 Å². The number of hydrogen-bond acceptors (Lipinski definition) is 4. The monoisotopic (exact) mass is 503 g/mol. The lowest BCUT2D eigenvalue weighted by atomic mass is 10.1. The molecule has 0 saturated carbocycles. The molecule has 0 radical (unpaired) electrons. The standard InChI is InChI=1S/C27H33N7O3/c1-32(2)11-7-10-28-26(36)23-14-20(17-33(23)3)31-27(37)24-13-19(16-34(24)4)30-25(35)12-18-15-29-22-9-6-5-8-21(18)22/h5-6,8-9,13-17,29H,7,10-12H2,1-4H3,(H,28,36)(H,30,35)(H,31,37). The third-order valence-corrected chi connectivity index (χ3v) is 6.11. The quantitative estimate of drug-likeness (QED) is 0.249. The zero-order chi connectivity index (χ0) is 26.5. The first-order valence-electron chi connectivity index (χ1n) is 12.1. The minimum Gasteiger partial charge on any atom is -0.361 e. The fourth-order valence-corrected chi connectivity index (χ4v) is 4.26. The van der Waals surface area contributed by atoms with Gasteiger partial charge in [0, 0.05) is 50.1 Å². The van der Waals surface area contributed by atoms with Crippen molar-refractivity contribution in [1.82, 2.24) is 24.3 Å². The first-order chi connectivity index (χ1) is 17.7. The van der Waals surface area contributed by atoms with Crippen LogP contribution in [0.5, 0.6) is 0 Å². The molecule has 0 bridgehead atoms. The summed E-state index contributed by atoms with van der Waals surface area (Å²) in [5.74, 6) is -0.712. The van der Waals surface area contributed by atoms with Crippen LogP contribution in [0.25, 0.3) is 10.9 Å². The van der Waals surface area contributed by atoms with Crippen LogP contribution in [0, 0.1) is 0 Å². The number of anilines is 2. The average Bonchev–Trinajstić information content (AvgIpc) is 3.53. The zero-order valence-corrected chi connectivity index (χ0v) is 21.6. The Labute approximate surface area is 215 Å². The summed E-state index contributed by atoms with van der Waals surface area (Å²) in [4.78, 5) is 43.4. The highest BCUT2D eigenvalue weighted by molar-refractivity contribution is 6.05. The number of carbonyl (C=O) groups excluding carboxylic acids is 3. The highest BCUT2D eigenvalue weighted by Gasteiger charge is 2.17. The number of para-hydroxylation sites is 1. The minimum atomic E-state index is -0.344. The van der Waals surface area contributed by atoms with E-state index in [-0.39, 0.29) is 24.1 Å². The number of benzene rings is 1. The van der Waals surface area contributed by atoms with Crippen molar-refractivity contribution in [3.8, 4) is 0 Å². The fraction of sp³-hybridized carbons (Fsp3) is 0.296. The zero-order valence-electron chi connectivity index (χ0n) is 21.6. The molecule has 10 nitrogen and oxygen atoms in total. The molecule has 3 heterocycles. The van der Waals surface area contributed by atoms with Gasteiger partial charge in [0.2, 0.25) is 5.91 Å². The Morgan fingerprint density at radius 2 is 1.57 bits per heavy atom. The smallest absolute Gasteiger partial charge is 0.272 e. The highest BCUT2D eigenvalue weighted by atomic mass is 16.2. The summed E-state index contributed by atoms with van der Waals surface area (Å²) in [6.07, 6.45) is 6.29. The molecule has 0 spiro atoms. The maximum absolute atomic E-state index is 12.9. The van der Waals surface area contributed by atoms with Crippen molar-refractivity contribution >= 4 is 40.0 Å². The maximum Gasteiger partial charge on any atom is 0.272 e. The Bertz CT molecular complexity index is 1430. The average molecular weight is 504 g/mol. The Morgan fingerprint density at radius 1 is 0.919 bits per heavy atom. The van der Waals surface area contributed by atoms with Gasteiger partial charge in [-0.2, -0.15) is 0 Å². The molecule has 194 valence electrons. The second-order valence-electron chi connectivity index (χ2n) is 9.40. The minimum absolute atomic E-state index is 0.174. The summed E-state index contributed by atoms with van der Waals surface area (Å²) in [7, 11) is 7.47. The van der Waals surface area contributed by atoms with Gasteiger partial charge >= 0.3 is 0 Å². The van der Waals surface area contributed by atoms with Crippen LogP contribution in [0.4, 0.5) is 11.4 Å². The van der Waals surface area contributed by atoms with Gasteiger partial charge in [-0.1, -0.05) is 18.2 Å². The predicted octanol–water partition coefficient (Wildman–Crippen LogP) is 2.96. The Kier molecular flexibility index (Phi) is 7.78. The molecule has 0 aliphatic carbocycles. The number of amides is 3. The number of nitrogens with one attached hydrogen (secondary N) is 4. The van der Waals surface area contributed by atoms with E-state index in [9.17, 15) is 14.4 Å². The number of aryl methyl sites for hydroxylation is 2. The van der Waals surface area contributed by atoms with Gasteiger partial charge in [0.15, 0.2) is 0 Å². The van der Waals surface area contributed by atoms with Crippen molar-refractivity contribution in [2.24, 2.45) is 14.1 Å². The summed E-state index contributed by atoms with van der Waals surface area (Å²) in [5.41, 5.74) is 3.76. The largest absolute Gasteiger partial charge is 0.361 e. The van der Waals surface area contributed by atoms with Gasteiger partial charge < -0.3 is 35.0 Å². The third-order valence-electron chi connectivity index (χ3n) is 6.11. The van der Waals surface area contributed by atoms with Gasteiger partial charge in [0.25, 0.3) is 11.8 Å². The number of carbonyl (C=O) groups is 3. The number of H-pyrrole nitrogens is 1. The van der Waals surface area contributed by atoms with E-state index < -0.39 is 0 Å². The molecule has 1 aromatic carbocycles. The molecule has 0 saturated heterocycles. The third kappa shape index (κ3) is 6.28. The summed E-state index contributed by atoms with van der Waals surface area (Å²) in [5, 5.41) is 9.62. The number of aromatic amines is 1. The first kappa shape index (κ1) is 25.8. The van der Waals surface area contributed by atoms with Gasteiger partial charge in [-0.25, -0.2) is 0 Å². The van der Waals surface area contributed by atoms with Crippen molar-refractivity contribution in [2.45, 2.75) is 12.8 Å². The van der Waals surface area contributed by atoms with Crippen molar-refractivity contribution < 1.29 is 14.4 Å². The molecule has 37 heavy (non-hydrogen) atoms. The number of nitrogens with zero attached hydrogens (tertiary/aromatic N) is 3. The van der Waals surface area contributed by atoms with Gasteiger partial charge in [-0.15, -0.1) is 0 Å². The number of fused-ring (bicyclic) bond motifs is 1. The van der Waals surface area contributed by atoms with Crippen LogP contribution in [0.1, 0.15) is 33.0 Å². The van der Waals surface area contributed by atoms with Crippen molar-refractivity contribution in [2.75, 3.05) is 37.8 Å². The molecule has 4 N–H and O–H groups in total. The van der Waals surface area contributed by atoms with Gasteiger partial charge in [0.1, 0.15) is 11.4 Å². The van der Waals surface area contributed by atoms with Gasteiger partial charge in [-0.3, -0.25) is 14.4 Å². The normalized spacial score (nSPS) is 11.2. The fourth-order valence-electron chi connectivity index (χ4n) is 4.26. The summed E-state index contributed by atoms with van der Waals surface area (Å²) < 4.78 is 3.33. The van der Waals surface area contributed by atoms with Crippen LogP contribution in [-0.4, -0.2) is 63.9 Å². The molecule has 0 aliphatic heterocycles. The molecule has 4 aromatic rings. The lowest BCUT2D eigenvalue weighted by Crippen LogP contribution is -2.28.